The third-order valence-corrected chi connectivity index (χ3v) is 13.2. The van der Waals surface area contributed by atoms with Crippen molar-refractivity contribution in [2.45, 2.75) is 129 Å². The van der Waals surface area contributed by atoms with Gasteiger partial charge in [0.15, 0.2) is 6.29 Å². The van der Waals surface area contributed by atoms with Crippen LogP contribution in [0.25, 0.3) is 0 Å². The van der Waals surface area contributed by atoms with Gasteiger partial charge in [-0.3, -0.25) is 0 Å². The number of unbranched alkanes of at least 4 members (excludes halogenated alkanes) is 2. The Hall–Kier alpha value is -0.163. The van der Waals surface area contributed by atoms with Crippen molar-refractivity contribution in [3.05, 3.63) is 11.6 Å². The van der Waals surface area contributed by atoms with Crippen LogP contribution in [0.15, 0.2) is 11.6 Å². The van der Waals surface area contributed by atoms with Crippen molar-refractivity contribution < 1.29 is 13.9 Å². The van der Waals surface area contributed by atoms with E-state index >= 15 is 0 Å². The lowest BCUT2D eigenvalue weighted by Gasteiger charge is -2.48. The van der Waals surface area contributed by atoms with Gasteiger partial charge >= 0.3 is 0 Å². The lowest BCUT2D eigenvalue weighted by molar-refractivity contribution is -0.107. The maximum atomic E-state index is 7.27. The first kappa shape index (κ1) is 26.9. The molecule has 0 N–H and O–H groups in total. The molecule has 1 saturated carbocycles. The molecule has 0 amide bonds. The maximum absolute atomic E-state index is 7.27. The fourth-order valence-electron chi connectivity index (χ4n) is 5.46. The van der Waals surface area contributed by atoms with Gasteiger partial charge in [-0.15, -0.1) is 0 Å². The van der Waals surface area contributed by atoms with Crippen molar-refractivity contribution in [1.29, 1.82) is 0 Å². The van der Waals surface area contributed by atoms with Crippen LogP contribution in [-0.4, -0.2) is 34.9 Å². The summed E-state index contributed by atoms with van der Waals surface area (Å²) in [6, 6.07) is 0. The molecule has 3 nitrogen and oxygen atoms in total. The van der Waals surface area contributed by atoms with E-state index in [4.69, 9.17) is 13.9 Å². The van der Waals surface area contributed by atoms with Crippen molar-refractivity contribution in [1.82, 2.24) is 0 Å². The van der Waals surface area contributed by atoms with Crippen LogP contribution in [0.4, 0.5) is 0 Å². The smallest absolute Gasteiger partial charge is 0.201 e. The van der Waals surface area contributed by atoms with E-state index < -0.39 is 8.32 Å². The first-order chi connectivity index (χ1) is 13.5. The fraction of sp³-hybridized carbons (Fsp3) is 0.920. The zero-order chi connectivity index (χ0) is 22.2. The van der Waals surface area contributed by atoms with Gasteiger partial charge in [0.1, 0.15) is 0 Å². The summed E-state index contributed by atoms with van der Waals surface area (Å²) >= 11 is 0. The Morgan fingerprint density at radius 3 is 2.00 bits per heavy atom. The highest BCUT2D eigenvalue weighted by atomic mass is 28.4. The Balaban J connectivity index is 2.90. The molecule has 0 aromatic carbocycles. The van der Waals surface area contributed by atoms with Gasteiger partial charge in [-0.1, -0.05) is 61.5 Å². The van der Waals surface area contributed by atoms with Gasteiger partial charge in [0, 0.05) is 14.2 Å². The summed E-state index contributed by atoms with van der Waals surface area (Å²) in [5.41, 5.74) is 3.84. The topological polar surface area (TPSA) is 27.7 Å². The van der Waals surface area contributed by atoms with Crippen LogP contribution in [0.3, 0.4) is 0 Å². The normalized spacial score (nSPS) is 21.9. The van der Waals surface area contributed by atoms with Crippen molar-refractivity contribution in [3.63, 3.8) is 0 Å². The number of hydrogen-bond acceptors (Lipinski definition) is 3. The van der Waals surface area contributed by atoms with Crippen LogP contribution >= 0.6 is 0 Å². The lowest BCUT2D eigenvalue weighted by Crippen LogP contribution is -2.51. The van der Waals surface area contributed by atoms with Gasteiger partial charge < -0.3 is 13.9 Å². The van der Waals surface area contributed by atoms with Crippen LogP contribution in [0.2, 0.25) is 16.6 Å². The minimum Gasteiger partial charge on any atom is -0.409 e. The minimum absolute atomic E-state index is 0.0658. The van der Waals surface area contributed by atoms with E-state index in [1.165, 1.54) is 19.3 Å². The van der Waals surface area contributed by atoms with Crippen LogP contribution in [0.1, 0.15) is 100 Å². The molecule has 0 saturated heterocycles. The van der Waals surface area contributed by atoms with Gasteiger partial charge in [-0.05, 0) is 72.6 Å². The van der Waals surface area contributed by atoms with E-state index in [2.05, 4.69) is 61.5 Å². The molecule has 1 aliphatic carbocycles. The number of ether oxygens (including phenoxy) is 2. The predicted octanol–water partition coefficient (Wildman–Crippen LogP) is 7.86. The molecular formula is C25H50O3Si. The molecule has 0 bridgehead atoms. The minimum atomic E-state index is -1.87. The number of allylic oxidation sites excluding steroid dienone is 1. The van der Waals surface area contributed by atoms with Gasteiger partial charge in [-0.25, -0.2) is 0 Å². The first-order valence-electron chi connectivity index (χ1n) is 11.9. The average Bonchev–Trinajstić information content (AvgIpc) is 2.62. The molecule has 1 unspecified atom stereocenters. The molecule has 1 aliphatic rings. The summed E-state index contributed by atoms with van der Waals surface area (Å²) < 4.78 is 17.9. The summed E-state index contributed by atoms with van der Waals surface area (Å²) in [6.45, 7) is 19.2. The van der Waals surface area contributed by atoms with Crippen molar-refractivity contribution in [2.24, 2.45) is 5.41 Å². The van der Waals surface area contributed by atoms with E-state index in [0.29, 0.717) is 28.1 Å². The second-order valence-corrected chi connectivity index (χ2v) is 16.2. The summed E-state index contributed by atoms with van der Waals surface area (Å²) in [7, 11) is 1.56. The number of methoxy groups -OCH3 is 2. The Labute approximate surface area is 183 Å². The Morgan fingerprint density at radius 1 is 0.966 bits per heavy atom. The molecule has 0 aromatic rings. The van der Waals surface area contributed by atoms with Gasteiger partial charge in [0.25, 0.3) is 0 Å². The molecule has 172 valence electrons. The second-order valence-electron chi connectivity index (χ2n) is 10.8. The Kier molecular flexibility index (Phi) is 11.1. The predicted molar refractivity (Wildman–Crippen MR) is 128 cm³/mol. The quantitative estimate of drug-likeness (QED) is 0.137. The molecule has 0 aliphatic heterocycles. The van der Waals surface area contributed by atoms with Gasteiger partial charge in [0.2, 0.25) is 8.32 Å². The average molecular weight is 427 g/mol. The molecule has 0 spiro atoms. The van der Waals surface area contributed by atoms with E-state index in [1.54, 1.807) is 19.8 Å². The lowest BCUT2D eigenvalue weighted by atomic mass is 9.74. The first-order valence-corrected chi connectivity index (χ1v) is 14.1. The van der Waals surface area contributed by atoms with Crippen molar-refractivity contribution >= 4 is 8.32 Å². The molecule has 0 heterocycles. The molecular weight excluding hydrogens is 376 g/mol. The van der Waals surface area contributed by atoms with E-state index in [-0.39, 0.29) is 6.29 Å². The third-order valence-electron chi connectivity index (χ3n) is 7.12. The van der Waals surface area contributed by atoms with E-state index in [1.807, 2.05) is 0 Å². The van der Waals surface area contributed by atoms with Crippen LogP contribution in [0.5, 0.6) is 0 Å². The molecule has 29 heavy (non-hydrogen) atoms. The van der Waals surface area contributed by atoms with E-state index in [9.17, 15) is 0 Å². The largest absolute Gasteiger partial charge is 0.409 e. The highest BCUT2D eigenvalue weighted by molar-refractivity contribution is 6.77. The van der Waals surface area contributed by atoms with E-state index in [0.717, 1.165) is 25.7 Å². The highest BCUT2D eigenvalue weighted by Gasteiger charge is 2.48. The Bertz CT molecular complexity index is 471. The van der Waals surface area contributed by atoms with Crippen LogP contribution in [-0.2, 0) is 13.9 Å². The number of rotatable bonds is 12. The standard InChI is InChI=1S/C25H50O3Si/c1-19(2)29(20(3)4,21(5)6)28-23-18-25(7,8)17-16-22(23)14-12-11-13-15-24(26-9)27-10/h14,19-21,23-24H,11-13,15-18H2,1-10H3/b22-14-. The Morgan fingerprint density at radius 2 is 1.52 bits per heavy atom. The fourth-order valence-corrected chi connectivity index (χ4v) is 11.0. The number of hydrogen-bond donors (Lipinski definition) is 0. The SMILES string of the molecule is COC(CCCC/C=C1/CCC(C)(C)CC1O[Si](C(C)C)(C(C)C)C(C)C)OC. The summed E-state index contributed by atoms with van der Waals surface area (Å²) in [5.74, 6) is 0. The highest BCUT2D eigenvalue weighted by Crippen LogP contribution is 2.47. The molecule has 1 atom stereocenters. The van der Waals surface area contributed by atoms with Crippen LogP contribution < -0.4 is 0 Å². The molecule has 1 rings (SSSR count). The molecule has 4 heteroatoms. The molecule has 1 fully saturated rings. The van der Waals surface area contributed by atoms with Crippen molar-refractivity contribution in [3.8, 4) is 0 Å². The monoisotopic (exact) mass is 426 g/mol. The maximum Gasteiger partial charge on any atom is 0.201 e. The second kappa shape index (κ2) is 12.0. The summed E-state index contributed by atoms with van der Waals surface area (Å²) in [6.07, 6.45) is 10.8. The molecule has 0 radical (unpaired) electrons. The zero-order valence-electron chi connectivity index (χ0n) is 21.1. The third kappa shape index (κ3) is 7.48. The summed E-state index contributed by atoms with van der Waals surface area (Å²) in [4.78, 5) is 0. The zero-order valence-corrected chi connectivity index (χ0v) is 22.1. The summed E-state index contributed by atoms with van der Waals surface area (Å²) in [5, 5.41) is 0. The van der Waals surface area contributed by atoms with Gasteiger partial charge in [-0.2, -0.15) is 0 Å². The van der Waals surface area contributed by atoms with Gasteiger partial charge in [0.05, 0.1) is 6.10 Å². The molecule has 0 aromatic heterocycles. The van der Waals surface area contributed by atoms with Crippen molar-refractivity contribution in [2.75, 3.05) is 14.2 Å². The van der Waals surface area contributed by atoms with Crippen LogP contribution in [0, 0.1) is 5.41 Å².